The van der Waals surface area contributed by atoms with Crippen LogP contribution in [0.4, 0.5) is 0 Å². The van der Waals surface area contributed by atoms with Crippen molar-refractivity contribution in [1.29, 1.82) is 0 Å². The average Bonchev–Trinajstić information content (AvgIpc) is 2.16. The van der Waals surface area contributed by atoms with Gasteiger partial charge in [0.25, 0.3) is 0 Å². The van der Waals surface area contributed by atoms with Gasteiger partial charge in [0.2, 0.25) is 0 Å². The Balaban J connectivity index is 2.55. The first-order chi connectivity index (χ1) is 7.49. The molecular weight excluding hydrogens is 212 g/mol. The third kappa shape index (κ3) is 4.44. The lowest BCUT2D eigenvalue weighted by Crippen LogP contribution is -1.98. The first kappa shape index (κ1) is 13.4. The third-order valence-corrected chi connectivity index (χ3v) is 3.05. The summed E-state index contributed by atoms with van der Waals surface area (Å²) >= 11 is 4.30. The van der Waals surface area contributed by atoms with Crippen LogP contribution in [0.15, 0.2) is 41.3 Å². The summed E-state index contributed by atoms with van der Waals surface area (Å²) < 4.78 is 0. The molecule has 0 amide bonds. The second-order valence-corrected chi connectivity index (χ2v) is 5.56. The molecule has 0 radical (unpaired) electrons. The van der Waals surface area contributed by atoms with E-state index in [4.69, 9.17) is 0 Å². The maximum Gasteiger partial charge on any atom is 0.00401 e. The van der Waals surface area contributed by atoms with E-state index in [-0.39, 0.29) is 0 Å². The van der Waals surface area contributed by atoms with E-state index in [0.717, 1.165) is 17.7 Å². The molecule has 0 saturated carbocycles. The molecule has 0 saturated heterocycles. The van der Waals surface area contributed by atoms with Gasteiger partial charge in [-0.25, -0.2) is 0 Å². The van der Waals surface area contributed by atoms with Crippen LogP contribution in [0.1, 0.15) is 45.1 Å². The summed E-state index contributed by atoms with van der Waals surface area (Å²) in [4.78, 5) is 1.02. The Bertz CT molecular complexity index is 335. The molecule has 0 fully saturated rings. The van der Waals surface area contributed by atoms with Gasteiger partial charge in [0.15, 0.2) is 0 Å². The zero-order valence-electron chi connectivity index (χ0n) is 10.5. The molecule has 0 aliphatic heterocycles. The molecule has 0 aliphatic carbocycles. The molecule has 0 nitrogen and oxygen atoms in total. The topological polar surface area (TPSA) is 0 Å². The standard InChI is InChI=1S/C15H22S/c1-11(2)9-12(3)10-13(4)14-5-7-15(16)8-6-14/h5-8,11,13,16H,3,9-10H2,1-2,4H3. The lowest BCUT2D eigenvalue weighted by atomic mass is 9.91. The van der Waals surface area contributed by atoms with Gasteiger partial charge in [-0.05, 0) is 42.4 Å². The number of rotatable bonds is 5. The zero-order chi connectivity index (χ0) is 12.1. The molecule has 0 aliphatic rings. The minimum Gasteiger partial charge on any atom is -0.143 e. The van der Waals surface area contributed by atoms with Crippen LogP contribution in [0.2, 0.25) is 0 Å². The van der Waals surface area contributed by atoms with Crippen LogP contribution >= 0.6 is 12.6 Å². The quantitative estimate of drug-likeness (QED) is 0.533. The van der Waals surface area contributed by atoms with Gasteiger partial charge in [0, 0.05) is 4.90 Å². The normalized spacial score (nSPS) is 12.8. The van der Waals surface area contributed by atoms with Crippen molar-refractivity contribution in [3.8, 4) is 0 Å². The van der Waals surface area contributed by atoms with E-state index in [0.29, 0.717) is 11.8 Å². The molecule has 0 bridgehead atoms. The summed E-state index contributed by atoms with van der Waals surface area (Å²) in [5.74, 6) is 1.26. The Labute approximate surface area is 105 Å². The predicted molar refractivity (Wildman–Crippen MR) is 75.3 cm³/mol. The first-order valence-electron chi connectivity index (χ1n) is 5.94. The Morgan fingerprint density at radius 2 is 1.69 bits per heavy atom. The molecule has 1 atom stereocenters. The van der Waals surface area contributed by atoms with Crippen molar-refractivity contribution in [2.45, 2.75) is 44.4 Å². The summed E-state index contributed by atoms with van der Waals surface area (Å²) in [6.45, 7) is 10.9. The predicted octanol–water partition coefficient (Wildman–Crippen LogP) is 5.07. The Kier molecular flexibility index (Phi) is 5.14. The summed E-state index contributed by atoms with van der Waals surface area (Å²) in [6.07, 6.45) is 2.22. The van der Waals surface area contributed by atoms with Gasteiger partial charge in [-0.3, -0.25) is 0 Å². The molecule has 1 aromatic carbocycles. The van der Waals surface area contributed by atoms with Crippen molar-refractivity contribution in [2.24, 2.45) is 5.92 Å². The van der Waals surface area contributed by atoms with Crippen LogP contribution in [0.25, 0.3) is 0 Å². The van der Waals surface area contributed by atoms with Gasteiger partial charge in [-0.2, -0.15) is 0 Å². The van der Waals surface area contributed by atoms with Crippen LogP contribution in [-0.4, -0.2) is 0 Å². The van der Waals surface area contributed by atoms with Crippen LogP contribution in [0, 0.1) is 5.92 Å². The second kappa shape index (κ2) is 6.15. The number of hydrogen-bond acceptors (Lipinski definition) is 1. The maximum atomic E-state index is 4.30. The van der Waals surface area contributed by atoms with E-state index in [1.807, 2.05) is 0 Å². The molecule has 1 unspecified atom stereocenters. The fraction of sp³-hybridized carbons (Fsp3) is 0.467. The van der Waals surface area contributed by atoms with Gasteiger partial charge in [0.05, 0.1) is 0 Å². The third-order valence-electron chi connectivity index (χ3n) is 2.75. The SMILES string of the molecule is C=C(CC(C)C)CC(C)c1ccc(S)cc1. The Morgan fingerprint density at radius 3 is 2.19 bits per heavy atom. The first-order valence-corrected chi connectivity index (χ1v) is 6.39. The monoisotopic (exact) mass is 234 g/mol. The molecule has 1 aromatic rings. The van der Waals surface area contributed by atoms with E-state index < -0.39 is 0 Å². The smallest absolute Gasteiger partial charge is 0.00401 e. The van der Waals surface area contributed by atoms with Crippen LogP contribution in [-0.2, 0) is 0 Å². The molecule has 16 heavy (non-hydrogen) atoms. The lowest BCUT2D eigenvalue weighted by molar-refractivity contribution is 0.606. The number of benzene rings is 1. The minimum atomic E-state index is 0.556. The molecule has 0 aromatic heterocycles. The number of thiol groups is 1. The largest absolute Gasteiger partial charge is 0.143 e. The summed E-state index contributed by atoms with van der Waals surface area (Å²) in [5, 5.41) is 0. The second-order valence-electron chi connectivity index (χ2n) is 5.04. The van der Waals surface area contributed by atoms with Gasteiger partial charge in [0.1, 0.15) is 0 Å². The summed E-state index contributed by atoms with van der Waals surface area (Å²) in [5.41, 5.74) is 2.74. The highest BCUT2D eigenvalue weighted by atomic mass is 32.1. The highest BCUT2D eigenvalue weighted by Gasteiger charge is 2.08. The molecule has 88 valence electrons. The van der Waals surface area contributed by atoms with Crippen LogP contribution in [0.5, 0.6) is 0 Å². The highest BCUT2D eigenvalue weighted by Crippen LogP contribution is 2.26. The van der Waals surface area contributed by atoms with Gasteiger partial charge >= 0.3 is 0 Å². The average molecular weight is 234 g/mol. The minimum absolute atomic E-state index is 0.556. The van der Waals surface area contributed by atoms with Crippen molar-refractivity contribution in [3.63, 3.8) is 0 Å². The van der Waals surface area contributed by atoms with Crippen molar-refractivity contribution < 1.29 is 0 Å². The van der Waals surface area contributed by atoms with Crippen molar-refractivity contribution in [1.82, 2.24) is 0 Å². The summed E-state index contributed by atoms with van der Waals surface area (Å²) in [6, 6.07) is 8.44. The molecule has 1 rings (SSSR count). The molecule has 0 heterocycles. The fourth-order valence-corrected chi connectivity index (χ4v) is 2.16. The van der Waals surface area contributed by atoms with Crippen molar-refractivity contribution in [3.05, 3.63) is 42.0 Å². The summed E-state index contributed by atoms with van der Waals surface area (Å²) in [7, 11) is 0. The zero-order valence-corrected chi connectivity index (χ0v) is 11.4. The van der Waals surface area contributed by atoms with Gasteiger partial charge in [-0.15, -0.1) is 12.6 Å². The maximum absolute atomic E-state index is 4.30. The van der Waals surface area contributed by atoms with Crippen molar-refractivity contribution >= 4 is 12.6 Å². The lowest BCUT2D eigenvalue weighted by Gasteiger charge is -2.15. The molecule has 1 heteroatoms. The van der Waals surface area contributed by atoms with E-state index in [1.54, 1.807) is 0 Å². The van der Waals surface area contributed by atoms with E-state index >= 15 is 0 Å². The van der Waals surface area contributed by atoms with Crippen molar-refractivity contribution in [2.75, 3.05) is 0 Å². The number of hydrogen-bond donors (Lipinski definition) is 1. The Hall–Kier alpha value is -0.690. The molecular formula is C15H22S. The number of allylic oxidation sites excluding steroid dienone is 1. The van der Waals surface area contributed by atoms with Crippen LogP contribution < -0.4 is 0 Å². The van der Waals surface area contributed by atoms with Gasteiger partial charge in [-0.1, -0.05) is 45.1 Å². The molecule has 0 spiro atoms. The van der Waals surface area contributed by atoms with Crippen LogP contribution in [0.3, 0.4) is 0 Å². The van der Waals surface area contributed by atoms with E-state index in [1.165, 1.54) is 11.1 Å². The molecule has 0 N–H and O–H groups in total. The van der Waals surface area contributed by atoms with E-state index in [9.17, 15) is 0 Å². The Morgan fingerprint density at radius 1 is 1.12 bits per heavy atom. The van der Waals surface area contributed by atoms with E-state index in [2.05, 4.69) is 64.2 Å². The fourth-order valence-electron chi connectivity index (χ4n) is 2.01. The highest BCUT2D eigenvalue weighted by molar-refractivity contribution is 7.80. The van der Waals surface area contributed by atoms with Gasteiger partial charge < -0.3 is 0 Å².